The highest BCUT2D eigenvalue weighted by Crippen LogP contribution is 2.23. The molecule has 0 saturated carbocycles. The van der Waals surface area contributed by atoms with Crippen molar-refractivity contribution in [1.29, 1.82) is 0 Å². The normalized spacial score (nSPS) is 14.6. The van der Waals surface area contributed by atoms with Crippen molar-refractivity contribution < 1.29 is 14.4 Å². The van der Waals surface area contributed by atoms with E-state index in [1.807, 2.05) is 20.8 Å². The van der Waals surface area contributed by atoms with E-state index < -0.39 is 5.60 Å². The molecule has 0 radical (unpaired) electrons. The summed E-state index contributed by atoms with van der Waals surface area (Å²) in [5.74, 6) is 0.250. The first-order valence-electron chi connectivity index (χ1n) is 7.06. The summed E-state index contributed by atoms with van der Waals surface area (Å²) in [6, 6.07) is 1.62. The first-order valence-corrected chi connectivity index (χ1v) is 7.06. The van der Waals surface area contributed by atoms with E-state index in [0.717, 1.165) is 0 Å². The van der Waals surface area contributed by atoms with Gasteiger partial charge in [-0.15, -0.1) is 0 Å². The van der Waals surface area contributed by atoms with E-state index in [-0.39, 0.29) is 23.6 Å². The van der Waals surface area contributed by atoms with Crippen molar-refractivity contribution in [3.63, 3.8) is 0 Å². The number of carbonyl (C=O) groups excluding carboxylic acids is 1. The monoisotopic (exact) mass is 306 g/mol. The lowest BCUT2D eigenvalue weighted by molar-refractivity contribution is 0.0523. The van der Waals surface area contributed by atoms with Gasteiger partial charge in [-0.1, -0.05) is 25.9 Å². The molecule has 1 amide bonds. The van der Waals surface area contributed by atoms with E-state index in [2.05, 4.69) is 15.6 Å². The number of aryl methyl sites for hydroxylation is 1. The Morgan fingerprint density at radius 3 is 2.59 bits per heavy atom. The van der Waals surface area contributed by atoms with Gasteiger partial charge in [0.1, 0.15) is 11.4 Å². The van der Waals surface area contributed by atoms with Crippen LogP contribution < -0.4 is 5.32 Å². The van der Waals surface area contributed by atoms with E-state index >= 15 is 0 Å². The number of amides is 1. The smallest absolute Gasteiger partial charge is 0.273 e. The summed E-state index contributed by atoms with van der Waals surface area (Å²) < 4.78 is 6.78. The molecule has 22 heavy (non-hydrogen) atoms. The number of hydrogen-bond donors (Lipinski definition) is 2. The summed E-state index contributed by atoms with van der Waals surface area (Å²) in [6.45, 7) is 7.59. The van der Waals surface area contributed by atoms with Crippen LogP contribution >= 0.6 is 0 Å². The molecule has 7 heteroatoms. The highest BCUT2D eigenvalue weighted by Gasteiger charge is 2.27. The van der Waals surface area contributed by atoms with Crippen molar-refractivity contribution in [1.82, 2.24) is 20.3 Å². The van der Waals surface area contributed by atoms with Gasteiger partial charge in [0, 0.05) is 30.3 Å². The second-order valence-corrected chi connectivity index (χ2v) is 6.69. The Morgan fingerprint density at radius 2 is 2.09 bits per heavy atom. The number of rotatable bonds is 4. The third kappa shape index (κ3) is 3.54. The lowest BCUT2D eigenvalue weighted by Gasteiger charge is -2.21. The summed E-state index contributed by atoms with van der Waals surface area (Å²) in [5.41, 5.74) is -0.592. The molecule has 2 aromatic rings. The number of aromatic nitrogens is 3. The van der Waals surface area contributed by atoms with Crippen LogP contribution in [0.25, 0.3) is 0 Å². The van der Waals surface area contributed by atoms with Gasteiger partial charge in [-0.3, -0.25) is 9.48 Å². The molecule has 7 nitrogen and oxygen atoms in total. The summed E-state index contributed by atoms with van der Waals surface area (Å²) in [5, 5.41) is 20.9. The molecule has 2 aromatic heterocycles. The SMILES string of the molecule is Cn1cc(C(C)(O)CNC(=O)c2cc(C(C)(C)C)on2)cn1. The van der Waals surface area contributed by atoms with Crippen LogP contribution in [0, 0.1) is 0 Å². The Balaban J connectivity index is 2.02. The topological polar surface area (TPSA) is 93.2 Å². The first kappa shape index (κ1) is 16.2. The fourth-order valence-electron chi connectivity index (χ4n) is 1.88. The van der Waals surface area contributed by atoms with Gasteiger partial charge in [-0.05, 0) is 6.92 Å². The van der Waals surface area contributed by atoms with Crippen LogP contribution in [0.15, 0.2) is 23.0 Å². The van der Waals surface area contributed by atoms with Gasteiger partial charge in [0.05, 0.1) is 12.7 Å². The Hall–Kier alpha value is -2.15. The summed E-state index contributed by atoms with van der Waals surface area (Å²) in [6.07, 6.45) is 3.28. The summed E-state index contributed by atoms with van der Waals surface area (Å²) in [4.78, 5) is 12.1. The predicted molar refractivity (Wildman–Crippen MR) is 80.3 cm³/mol. The highest BCUT2D eigenvalue weighted by molar-refractivity contribution is 5.92. The van der Waals surface area contributed by atoms with Gasteiger partial charge in [-0.25, -0.2) is 0 Å². The molecule has 0 aliphatic rings. The van der Waals surface area contributed by atoms with Gasteiger partial charge in [-0.2, -0.15) is 5.10 Å². The molecule has 1 atom stereocenters. The van der Waals surface area contributed by atoms with E-state index in [9.17, 15) is 9.90 Å². The van der Waals surface area contributed by atoms with Crippen LogP contribution in [0.1, 0.15) is 49.5 Å². The van der Waals surface area contributed by atoms with Crippen LogP contribution in [-0.4, -0.2) is 32.5 Å². The van der Waals surface area contributed by atoms with Crippen LogP contribution in [0.4, 0.5) is 0 Å². The molecule has 0 fully saturated rings. The standard InChI is InChI=1S/C15H22N4O3/c1-14(2,3)12-6-11(18-22-12)13(20)16-9-15(4,21)10-7-17-19(5)8-10/h6-8,21H,9H2,1-5H3,(H,16,20). The van der Waals surface area contributed by atoms with Crippen molar-refractivity contribution in [3.05, 3.63) is 35.5 Å². The fourth-order valence-corrected chi connectivity index (χ4v) is 1.88. The zero-order valence-corrected chi connectivity index (χ0v) is 13.5. The second kappa shape index (κ2) is 5.57. The molecule has 120 valence electrons. The van der Waals surface area contributed by atoms with Crippen LogP contribution in [0.5, 0.6) is 0 Å². The van der Waals surface area contributed by atoms with Crippen LogP contribution in [0.2, 0.25) is 0 Å². The maximum absolute atomic E-state index is 12.1. The molecular weight excluding hydrogens is 284 g/mol. The largest absolute Gasteiger partial charge is 0.383 e. The molecule has 1 unspecified atom stereocenters. The minimum absolute atomic E-state index is 0.0508. The molecule has 2 rings (SSSR count). The summed E-state index contributed by atoms with van der Waals surface area (Å²) >= 11 is 0. The predicted octanol–water partition coefficient (Wildman–Crippen LogP) is 1.34. The molecule has 0 aromatic carbocycles. The first-order chi connectivity index (χ1) is 10.1. The third-order valence-corrected chi connectivity index (χ3v) is 3.40. The van der Waals surface area contributed by atoms with Crippen molar-refractivity contribution >= 4 is 5.91 Å². The quantitative estimate of drug-likeness (QED) is 0.889. The number of nitrogens with one attached hydrogen (secondary N) is 1. The second-order valence-electron chi connectivity index (χ2n) is 6.69. The Labute approximate surface area is 129 Å². The maximum atomic E-state index is 12.1. The van der Waals surface area contributed by atoms with Crippen LogP contribution in [-0.2, 0) is 18.1 Å². The van der Waals surface area contributed by atoms with E-state index in [4.69, 9.17) is 4.52 Å². The van der Waals surface area contributed by atoms with Gasteiger partial charge >= 0.3 is 0 Å². The lowest BCUT2D eigenvalue weighted by atomic mass is 9.93. The number of carbonyl (C=O) groups is 1. The number of aliphatic hydroxyl groups is 1. The lowest BCUT2D eigenvalue weighted by Crippen LogP contribution is -2.38. The number of nitrogens with zero attached hydrogens (tertiary/aromatic N) is 3. The molecular formula is C15H22N4O3. The molecule has 0 saturated heterocycles. The molecule has 0 aliphatic heterocycles. The van der Waals surface area contributed by atoms with Crippen molar-refractivity contribution in [3.8, 4) is 0 Å². The minimum atomic E-state index is -1.21. The minimum Gasteiger partial charge on any atom is -0.383 e. The van der Waals surface area contributed by atoms with E-state index in [0.29, 0.717) is 11.3 Å². The zero-order chi connectivity index (χ0) is 16.5. The fraction of sp³-hybridized carbons (Fsp3) is 0.533. The number of hydrogen-bond acceptors (Lipinski definition) is 5. The maximum Gasteiger partial charge on any atom is 0.273 e. The van der Waals surface area contributed by atoms with Crippen molar-refractivity contribution in [2.75, 3.05) is 6.54 Å². The molecule has 2 heterocycles. The van der Waals surface area contributed by atoms with Gasteiger partial charge in [0.15, 0.2) is 5.69 Å². The zero-order valence-electron chi connectivity index (χ0n) is 13.5. The molecule has 2 N–H and O–H groups in total. The van der Waals surface area contributed by atoms with E-state index in [1.165, 1.54) is 0 Å². The van der Waals surface area contributed by atoms with Gasteiger partial charge < -0.3 is 14.9 Å². The molecule has 0 spiro atoms. The van der Waals surface area contributed by atoms with Crippen molar-refractivity contribution in [2.24, 2.45) is 7.05 Å². The average molecular weight is 306 g/mol. The Bertz CT molecular complexity index is 664. The van der Waals surface area contributed by atoms with E-state index in [1.54, 1.807) is 37.1 Å². The Morgan fingerprint density at radius 1 is 1.41 bits per heavy atom. The van der Waals surface area contributed by atoms with Crippen molar-refractivity contribution in [2.45, 2.75) is 38.7 Å². The summed E-state index contributed by atoms with van der Waals surface area (Å²) in [7, 11) is 1.77. The molecule has 0 aliphatic carbocycles. The highest BCUT2D eigenvalue weighted by atomic mass is 16.5. The van der Waals surface area contributed by atoms with Gasteiger partial charge in [0.2, 0.25) is 0 Å². The third-order valence-electron chi connectivity index (χ3n) is 3.40. The Kier molecular flexibility index (Phi) is 4.10. The van der Waals surface area contributed by atoms with Crippen LogP contribution in [0.3, 0.4) is 0 Å². The molecule has 0 bridgehead atoms. The average Bonchev–Trinajstić information content (AvgIpc) is 3.04. The van der Waals surface area contributed by atoms with Gasteiger partial charge in [0.25, 0.3) is 5.91 Å².